The summed E-state index contributed by atoms with van der Waals surface area (Å²) in [5, 5.41) is 28.6. The molecule has 0 radical (unpaired) electrons. The molecule has 0 aromatic heterocycles. The lowest BCUT2D eigenvalue weighted by Gasteiger charge is -2.08. The van der Waals surface area contributed by atoms with Gasteiger partial charge in [0.25, 0.3) is 0 Å². The van der Waals surface area contributed by atoms with Crippen LogP contribution in [0.5, 0.6) is 17.2 Å². The second-order valence-corrected chi connectivity index (χ2v) is 3.67. The third-order valence-electron chi connectivity index (χ3n) is 2.53. The van der Waals surface area contributed by atoms with Crippen LogP contribution >= 0.6 is 0 Å². The van der Waals surface area contributed by atoms with Gasteiger partial charge in [0.15, 0.2) is 11.5 Å². The van der Waals surface area contributed by atoms with Crippen molar-refractivity contribution in [2.45, 2.75) is 6.92 Å². The Hall–Kier alpha value is -2.16. The van der Waals surface area contributed by atoms with E-state index in [0.29, 0.717) is 11.1 Å². The minimum Gasteiger partial charge on any atom is -0.508 e. The van der Waals surface area contributed by atoms with Crippen molar-refractivity contribution in [3.63, 3.8) is 0 Å². The van der Waals surface area contributed by atoms with Crippen molar-refractivity contribution in [3.8, 4) is 28.4 Å². The molecule has 0 saturated heterocycles. The first-order valence-electron chi connectivity index (χ1n) is 4.90. The van der Waals surface area contributed by atoms with Crippen LogP contribution in [0.15, 0.2) is 36.4 Å². The van der Waals surface area contributed by atoms with E-state index in [-0.39, 0.29) is 17.2 Å². The molecule has 3 N–H and O–H groups in total. The number of aromatic hydroxyl groups is 3. The molecule has 82 valence electrons. The third kappa shape index (κ3) is 1.67. The first-order valence-corrected chi connectivity index (χ1v) is 4.90. The maximum absolute atomic E-state index is 9.79. The first kappa shape index (κ1) is 10.4. The van der Waals surface area contributed by atoms with Crippen LogP contribution in [0.4, 0.5) is 0 Å². The summed E-state index contributed by atoms with van der Waals surface area (Å²) in [6.07, 6.45) is 0. The highest BCUT2D eigenvalue weighted by molar-refractivity contribution is 5.74. The smallest absolute Gasteiger partial charge is 0.165 e. The molecule has 0 saturated carbocycles. The van der Waals surface area contributed by atoms with Crippen LogP contribution in [0.3, 0.4) is 0 Å². The van der Waals surface area contributed by atoms with Gasteiger partial charge in [-0.15, -0.1) is 0 Å². The Kier molecular flexibility index (Phi) is 2.44. The number of aryl methyl sites for hydroxylation is 1. The van der Waals surface area contributed by atoms with Crippen LogP contribution in [0.25, 0.3) is 11.1 Å². The maximum atomic E-state index is 9.79. The summed E-state index contributed by atoms with van der Waals surface area (Å²) in [5.74, 6) is -0.0733. The zero-order chi connectivity index (χ0) is 11.7. The lowest BCUT2D eigenvalue weighted by molar-refractivity contribution is 0.402. The largest absolute Gasteiger partial charge is 0.508 e. The van der Waals surface area contributed by atoms with Crippen molar-refractivity contribution in [2.24, 2.45) is 0 Å². The van der Waals surface area contributed by atoms with E-state index < -0.39 is 0 Å². The summed E-state index contributed by atoms with van der Waals surface area (Å²) in [7, 11) is 0. The molecule has 0 aliphatic heterocycles. The highest BCUT2D eigenvalue weighted by Gasteiger charge is 2.10. The molecule has 0 spiro atoms. The van der Waals surface area contributed by atoms with Gasteiger partial charge in [0.1, 0.15) is 5.75 Å². The van der Waals surface area contributed by atoms with Gasteiger partial charge in [-0.2, -0.15) is 0 Å². The summed E-state index contributed by atoms with van der Waals surface area (Å²) >= 11 is 0. The Balaban J connectivity index is 2.57. The van der Waals surface area contributed by atoms with Gasteiger partial charge in [0.2, 0.25) is 0 Å². The van der Waals surface area contributed by atoms with Crippen LogP contribution in [0.1, 0.15) is 5.56 Å². The Morgan fingerprint density at radius 3 is 2.00 bits per heavy atom. The average Bonchev–Trinajstić information content (AvgIpc) is 2.28. The monoisotopic (exact) mass is 216 g/mol. The predicted octanol–water partition coefficient (Wildman–Crippen LogP) is 2.78. The fraction of sp³-hybridized carbons (Fsp3) is 0.0769. The van der Waals surface area contributed by atoms with Gasteiger partial charge in [-0.3, -0.25) is 0 Å². The SMILES string of the molecule is Cc1ccc(-c2ccc(O)cc2)c(O)c1O. The average molecular weight is 216 g/mol. The molecule has 0 heterocycles. The first-order chi connectivity index (χ1) is 7.59. The number of rotatable bonds is 1. The summed E-state index contributed by atoms with van der Waals surface area (Å²) in [5.41, 5.74) is 1.91. The summed E-state index contributed by atoms with van der Waals surface area (Å²) in [6, 6.07) is 9.89. The fourth-order valence-electron chi connectivity index (χ4n) is 1.55. The standard InChI is InChI=1S/C13H12O3/c1-8-2-7-11(13(16)12(8)15)9-3-5-10(14)6-4-9/h2-7,14-16H,1H3. The Labute approximate surface area is 93.2 Å². The van der Waals surface area contributed by atoms with Crippen LogP contribution in [0, 0.1) is 6.92 Å². The lowest BCUT2D eigenvalue weighted by atomic mass is 10.0. The van der Waals surface area contributed by atoms with Gasteiger partial charge < -0.3 is 15.3 Å². The van der Waals surface area contributed by atoms with Crippen molar-refractivity contribution < 1.29 is 15.3 Å². The van der Waals surface area contributed by atoms with Gasteiger partial charge in [-0.25, -0.2) is 0 Å². The number of hydrogen-bond donors (Lipinski definition) is 3. The molecule has 0 unspecified atom stereocenters. The summed E-state index contributed by atoms with van der Waals surface area (Å²) < 4.78 is 0. The molecule has 0 atom stereocenters. The maximum Gasteiger partial charge on any atom is 0.165 e. The van der Waals surface area contributed by atoms with Gasteiger partial charge in [0, 0.05) is 5.56 Å². The van der Waals surface area contributed by atoms with Crippen molar-refractivity contribution in [3.05, 3.63) is 42.0 Å². The summed E-state index contributed by atoms with van der Waals surface area (Å²) in [4.78, 5) is 0. The van der Waals surface area contributed by atoms with Gasteiger partial charge >= 0.3 is 0 Å². The molecular weight excluding hydrogens is 204 g/mol. The van der Waals surface area contributed by atoms with Crippen LogP contribution < -0.4 is 0 Å². The summed E-state index contributed by atoms with van der Waals surface area (Å²) in [6.45, 7) is 1.72. The van der Waals surface area contributed by atoms with E-state index in [1.807, 2.05) is 0 Å². The second kappa shape index (κ2) is 3.77. The molecule has 0 bridgehead atoms. The lowest BCUT2D eigenvalue weighted by Crippen LogP contribution is -1.82. The molecule has 3 nitrogen and oxygen atoms in total. The van der Waals surface area contributed by atoms with Crippen LogP contribution in [-0.2, 0) is 0 Å². The van der Waals surface area contributed by atoms with Gasteiger partial charge in [-0.05, 0) is 30.2 Å². The molecule has 0 aliphatic carbocycles. The van der Waals surface area contributed by atoms with Crippen molar-refractivity contribution in [1.29, 1.82) is 0 Å². The van der Waals surface area contributed by atoms with Gasteiger partial charge in [0.05, 0.1) is 0 Å². The molecule has 16 heavy (non-hydrogen) atoms. The molecule has 0 fully saturated rings. The van der Waals surface area contributed by atoms with Gasteiger partial charge in [-0.1, -0.05) is 24.3 Å². The number of hydrogen-bond acceptors (Lipinski definition) is 3. The predicted molar refractivity (Wildman–Crippen MR) is 61.6 cm³/mol. The molecule has 2 aromatic carbocycles. The minimum absolute atomic E-state index is 0.106. The van der Waals surface area contributed by atoms with E-state index in [2.05, 4.69) is 0 Å². The Morgan fingerprint density at radius 2 is 1.38 bits per heavy atom. The normalized spacial score (nSPS) is 10.3. The molecular formula is C13H12O3. The zero-order valence-corrected chi connectivity index (χ0v) is 8.81. The van der Waals surface area contributed by atoms with E-state index >= 15 is 0 Å². The quantitative estimate of drug-likeness (QED) is 0.642. The van der Waals surface area contributed by atoms with Crippen molar-refractivity contribution in [2.75, 3.05) is 0 Å². The number of phenols is 3. The van der Waals surface area contributed by atoms with E-state index in [9.17, 15) is 10.2 Å². The molecule has 0 aliphatic rings. The van der Waals surface area contributed by atoms with E-state index in [1.54, 1.807) is 31.2 Å². The number of phenolic OH excluding ortho intramolecular Hbond substituents is 3. The van der Waals surface area contributed by atoms with Crippen molar-refractivity contribution >= 4 is 0 Å². The van der Waals surface area contributed by atoms with E-state index in [0.717, 1.165) is 5.56 Å². The molecule has 2 aromatic rings. The highest BCUT2D eigenvalue weighted by atomic mass is 16.3. The molecule has 2 rings (SSSR count). The minimum atomic E-state index is -0.134. The second-order valence-electron chi connectivity index (χ2n) is 3.67. The molecule has 0 amide bonds. The molecule has 3 heteroatoms. The zero-order valence-electron chi connectivity index (χ0n) is 8.81. The highest BCUT2D eigenvalue weighted by Crippen LogP contribution is 2.38. The van der Waals surface area contributed by atoms with Crippen molar-refractivity contribution in [1.82, 2.24) is 0 Å². The van der Waals surface area contributed by atoms with Crippen LogP contribution in [-0.4, -0.2) is 15.3 Å². The number of benzene rings is 2. The van der Waals surface area contributed by atoms with E-state index in [1.165, 1.54) is 12.1 Å². The third-order valence-corrected chi connectivity index (χ3v) is 2.53. The Bertz CT molecular complexity index is 515. The van der Waals surface area contributed by atoms with E-state index in [4.69, 9.17) is 5.11 Å². The van der Waals surface area contributed by atoms with Crippen LogP contribution in [0.2, 0.25) is 0 Å². The Morgan fingerprint density at radius 1 is 0.750 bits per heavy atom. The topological polar surface area (TPSA) is 60.7 Å². The fourth-order valence-corrected chi connectivity index (χ4v) is 1.55.